The van der Waals surface area contributed by atoms with Gasteiger partial charge in [0.05, 0.1) is 0 Å². The predicted octanol–water partition coefficient (Wildman–Crippen LogP) is 3.12. The summed E-state index contributed by atoms with van der Waals surface area (Å²) in [6.45, 7) is 4.87. The smallest absolute Gasteiger partial charge is 0.0482 e. The SMILES string of the molecule is CC(C)(CO)CCCCCCCCCO. The highest BCUT2D eigenvalue weighted by molar-refractivity contribution is 4.66. The summed E-state index contributed by atoms with van der Waals surface area (Å²) in [5.74, 6) is 0. The van der Waals surface area contributed by atoms with Crippen LogP contribution in [-0.2, 0) is 0 Å². The second-order valence-electron chi connectivity index (χ2n) is 5.27. The minimum absolute atomic E-state index is 0.108. The van der Waals surface area contributed by atoms with Gasteiger partial charge >= 0.3 is 0 Å². The van der Waals surface area contributed by atoms with Crippen LogP contribution in [0.1, 0.15) is 65.2 Å². The van der Waals surface area contributed by atoms with Gasteiger partial charge in [0.15, 0.2) is 0 Å². The van der Waals surface area contributed by atoms with Crippen LogP contribution in [0.3, 0.4) is 0 Å². The summed E-state index contributed by atoms with van der Waals surface area (Å²) < 4.78 is 0. The van der Waals surface area contributed by atoms with Crippen molar-refractivity contribution < 1.29 is 10.2 Å². The molecule has 0 aromatic rings. The van der Waals surface area contributed by atoms with Crippen molar-refractivity contribution in [2.75, 3.05) is 13.2 Å². The van der Waals surface area contributed by atoms with E-state index in [1.807, 2.05) is 0 Å². The Kier molecular flexibility index (Phi) is 9.12. The van der Waals surface area contributed by atoms with Gasteiger partial charge in [0.25, 0.3) is 0 Å². The maximum Gasteiger partial charge on any atom is 0.0482 e. The van der Waals surface area contributed by atoms with Gasteiger partial charge in [-0.3, -0.25) is 0 Å². The summed E-state index contributed by atoms with van der Waals surface area (Å²) in [7, 11) is 0. The number of aliphatic hydroxyl groups excluding tert-OH is 2. The Morgan fingerprint density at radius 2 is 1.20 bits per heavy atom. The van der Waals surface area contributed by atoms with Gasteiger partial charge in [-0.1, -0.05) is 52.4 Å². The van der Waals surface area contributed by atoms with Crippen molar-refractivity contribution in [3.63, 3.8) is 0 Å². The lowest BCUT2D eigenvalue weighted by atomic mass is 9.88. The molecule has 0 rings (SSSR count). The van der Waals surface area contributed by atoms with Gasteiger partial charge in [0.2, 0.25) is 0 Å². The molecule has 0 fully saturated rings. The first-order valence-corrected chi connectivity index (χ1v) is 6.34. The fraction of sp³-hybridized carbons (Fsp3) is 1.00. The van der Waals surface area contributed by atoms with E-state index >= 15 is 0 Å². The molecule has 15 heavy (non-hydrogen) atoms. The van der Waals surface area contributed by atoms with Crippen LogP contribution in [0.4, 0.5) is 0 Å². The highest BCUT2D eigenvalue weighted by Crippen LogP contribution is 2.22. The van der Waals surface area contributed by atoms with Crippen molar-refractivity contribution in [3.8, 4) is 0 Å². The molecule has 0 bridgehead atoms. The average Bonchev–Trinajstić information content (AvgIpc) is 2.22. The van der Waals surface area contributed by atoms with Gasteiger partial charge in [0, 0.05) is 13.2 Å². The molecule has 0 saturated carbocycles. The minimum Gasteiger partial charge on any atom is -0.396 e. The molecule has 0 aromatic heterocycles. The molecule has 0 aliphatic heterocycles. The predicted molar refractivity (Wildman–Crippen MR) is 64.9 cm³/mol. The minimum atomic E-state index is 0.108. The Morgan fingerprint density at radius 3 is 1.67 bits per heavy atom. The summed E-state index contributed by atoms with van der Waals surface area (Å²) in [5, 5.41) is 17.7. The summed E-state index contributed by atoms with van der Waals surface area (Å²) in [6, 6.07) is 0. The zero-order valence-corrected chi connectivity index (χ0v) is 10.5. The Balaban J connectivity index is 3.11. The molecule has 0 radical (unpaired) electrons. The molecule has 0 amide bonds. The Hall–Kier alpha value is -0.0800. The lowest BCUT2D eigenvalue weighted by Crippen LogP contribution is -2.16. The summed E-state index contributed by atoms with van der Waals surface area (Å²) >= 11 is 0. The third kappa shape index (κ3) is 10.2. The summed E-state index contributed by atoms with van der Waals surface area (Å²) in [6.07, 6.45) is 9.60. The monoisotopic (exact) mass is 216 g/mol. The molecule has 0 atom stereocenters. The quantitative estimate of drug-likeness (QED) is 0.551. The standard InChI is InChI=1S/C13H28O2/c1-13(2,12-15)10-8-6-4-3-5-7-9-11-14/h14-15H,3-12H2,1-2H3. The maximum atomic E-state index is 9.07. The molecule has 0 heterocycles. The van der Waals surface area contributed by atoms with Crippen LogP contribution >= 0.6 is 0 Å². The molecule has 92 valence electrons. The van der Waals surface area contributed by atoms with E-state index in [4.69, 9.17) is 10.2 Å². The first kappa shape index (κ1) is 14.9. The van der Waals surface area contributed by atoms with Crippen LogP contribution < -0.4 is 0 Å². The van der Waals surface area contributed by atoms with Crippen LogP contribution in [-0.4, -0.2) is 23.4 Å². The van der Waals surface area contributed by atoms with Crippen LogP contribution in [0.2, 0.25) is 0 Å². The van der Waals surface area contributed by atoms with Crippen molar-refractivity contribution in [3.05, 3.63) is 0 Å². The van der Waals surface area contributed by atoms with Crippen molar-refractivity contribution in [2.24, 2.45) is 5.41 Å². The molecule has 2 nitrogen and oxygen atoms in total. The molecule has 0 saturated heterocycles. The van der Waals surface area contributed by atoms with E-state index < -0.39 is 0 Å². The van der Waals surface area contributed by atoms with Crippen molar-refractivity contribution in [2.45, 2.75) is 65.2 Å². The van der Waals surface area contributed by atoms with E-state index in [2.05, 4.69) is 13.8 Å². The molecule has 0 aromatic carbocycles. The lowest BCUT2D eigenvalue weighted by molar-refractivity contribution is 0.147. The third-order valence-electron chi connectivity index (χ3n) is 2.94. The summed E-state index contributed by atoms with van der Waals surface area (Å²) in [5.41, 5.74) is 0.108. The van der Waals surface area contributed by atoms with Crippen molar-refractivity contribution in [1.29, 1.82) is 0 Å². The van der Waals surface area contributed by atoms with E-state index in [-0.39, 0.29) is 5.41 Å². The molecule has 0 aliphatic carbocycles. The summed E-state index contributed by atoms with van der Waals surface area (Å²) in [4.78, 5) is 0. The second-order valence-corrected chi connectivity index (χ2v) is 5.27. The lowest BCUT2D eigenvalue weighted by Gasteiger charge is -2.20. The second kappa shape index (κ2) is 9.17. The molecule has 2 N–H and O–H groups in total. The molecule has 0 spiro atoms. The largest absolute Gasteiger partial charge is 0.396 e. The number of rotatable bonds is 10. The van der Waals surface area contributed by atoms with Gasteiger partial charge in [-0.15, -0.1) is 0 Å². The van der Waals surface area contributed by atoms with Gasteiger partial charge in [-0.2, -0.15) is 0 Å². The van der Waals surface area contributed by atoms with Crippen molar-refractivity contribution in [1.82, 2.24) is 0 Å². The molecular weight excluding hydrogens is 188 g/mol. The van der Waals surface area contributed by atoms with Crippen LogP contribution in [0.25, 0.3) is 0 Å². The first-order valence-electron chi connectivity index (χ1n) is 6.34. The van der Waals surface area contributed by atoms with E-state index in [0.717, 1.165) is 12.8 Å². The Labute approximate surface area is 94.7 Å². The number of hydrogen-bond acceptors (Lipinski definition) is 2. The van der Waals surface area contributed by atoms with Crippen molar-refractivity contribution >= 4 is 0 Å². The zero-order chi connectivity index (χ0) is 11.6. The van der Waals surface area contributed by atoms with Crippen LogP contribution in [0, 0.1) is 5.41 Å². The van der Waals surface area contributed by atoms with E-state index in [1.165, 1.54) is 38.5 Å². The number of unbranched alkanes of at least 4 members (excludes halogenated alkanes) is 6. The van der Waals surface area contributed by atoms with Gasteiger partial charge < -0.3 is 10.2 Å². The highest BCUT2D eigenvalue weighted by Gasteiger charge is 2.14. The molecule has 2 heteroatoms. The maximum absolute atomic E-state index is 9.07. The first-order chi connectivity index (χ1) is 7.12. The fourth-order valence-electron chi connectivity index (χ4n) is 1.68. The fourth-order valence-corrected chi connectivity index (χ4v) is 1.68. The molecule has 0 aliphatic rings. The zero-order valence-electron chi connectivity index (χ0n) is 10.5. The van der Waals surface area contributed by atoms with E-state index in [1.54, 1.807) is 0 Å². The molecular formula is C13H28O2. The normalized spacial score (nSPS) is 12.0. The number of hydrogen-bond donors (Lipinski definition) is 2. The Morgan fingerprint density at radius 1 is 0.733 bits per heavy atom. The van der Waals surface area contributed by atoms with E-state index in [0.29, 0.717) is 13.2 Å². The van der Waals surface area contributed by atoms with Gasteiger partial charge in [0.1, 0.15) is 0 Å². The molecule has 0 unspecified atom stereocenters. The van der Waals surface area contributed by atoms with Gasteiger partial charge in [-0.25, -0.2) is 0 Å². The van der Waals surface area contributed by atoms with Crippen LogP contribution in [0.15, 0.2) is 0 Å². The number of aliphatic hydroxyl groups is 2. The van der Waals surface area contributed by atoms with Gasteiger partial charge in [-0.05, 0) is 18.3 Å². The average molecular weight is 216 g/mol. The topological polar surface area (TPSA) is 40.5 Å². The highest BCUT2D eigenvalue weighted by atomic mass is 16.3. The van der Waals surface area contributed by atoms with E-state index in [9.17, 15) is 0 Å². The van der Waals surface area contributed by atoms with Crippen LogP contribution in [0.5, 0.6) is 0 Å². The third-order valence-corrected chi connectivity index (χ3v) is 2.94. The Bertz CT molecular complexity index is 132.